The van der Waals surface area contributed by atoms with Crippen LogP contribution in [0.3, 0.4) is 0 Å². The highest BCUT2D eigenvalue weighted by Gasteiger charge is 2.36. The lowest BCUT2D eigenvalue weighted by molar-refractivity contribution is -0.131. The lowest BCUT2D eigenvalue weighted by atomic mass is 10.1. The highest BCUT2D eigenvalue weighted by molar-refractivity contribution is 5.94. The third-order valence-electron chi connectivity index (χ3n) is 4.03. The van der Waals surface area contributed by atoms with Gasteiger partial charge in [-0.2, -0.15) is 0 Å². The number of hydrogen-bond acceptors (Lipinski definition) is 6. The molecule has 0 saturated carbocycles. The Morgan fingerprint density at radius 2 is 2.00 bits per heavy atom. The molecule has 1 N–H and O–H groups in total. The van der Waals surface area contributed by atoms with Gasteiger partial charge >= 0.3 is 6.09 Å². The topological polar surface area (TPSA) is 65.1 Å². The predicted molar refractivity (Wildman–Crippen MR) is 67.7 cm³/mol. The van der Waals surface area contributed by atoms with E-state index in [0.29, 0.717) is 25.7 Å². The van der Waals surface area contributed by atoms with Crippen LogP contribution in [0.4, 0.5) is 4.79 Å². The number of carbonyl (C=O) groups is 2. The van der Waals surface area contributed by atoms with E-state index in [0.717, 1.165) is 39.3 Å². The highest BCUT2D eigenvalue weighted by Crippen LogP contribution is 2.16. The molecule has 7 nitrogen and oxygen atoms in total. The van der Waals surface area contributed by atoms with Crippen molar-refractivity contribution in [1.29, 1.82) is 0 Å². The molecule has 3 heterocycles. The van der Waals surface area contributed by atoms with E-state index >= 15 is 0 Å². The first-order chi connectivity index (χ1) is 9.24. The van der Waals surface area contributed by atoms with Crippen LogP contribution < -0.4 is 5.32 Å². The molecule has 3 aliphatic rings. The monoisotopic (exact) mass is 268 g/mol. The van der Waals surface area contributed by atoms with Crippen molar-refractivity contribution in [2.45, 2.75) is 6.04 Å². The van der Waals surface area contributed by atoms with Crippen LogP contribution in [-0.2, 0) is 9.53 Å². The van der Waals surface area contributed by atoms with Crippen LogP contribution in [0.25, 0.3) is 0 Å². The summed E-state index contributed by atoms with van der Waals surface area (Å²) >= 11 is 0. The fourth-order valence-electron chi connectivity index (χ4n) is 2.85. The molecule has 0 radical (unpaired) electrons. The first kappa shape index (κ1) is 12.8. The average Bonchev–Trinajstić information content (AvgIpc) is 2.80. The number of rotatable bonds is 3. The second-order valence-corrected chi connectivity index (χ2v) is 5.29. The summed E-state index contributed by atoms with van der Waals surface area (Å²) in [4.78, 5) is 28.9. The van der Waals surface area contributed by atoms with Gasteiger partial charge in [0.25, 0.3) is 0 Å². The van der Waals surface area contributed by atoms with Crippen molar-refractivity contribution in [1.82, 2.24) is 20.0 Å². The van der Waals surface area contributed by atoms with Crippen molar-refractivity contribution >= 4 is 12.0 Å². The molecule has 0 aromatic heterocycles. The van der Waals surface area contributed by atoms with Gasteiger partial charge in [-0.25, -0.2) is 9.69 Å². The Kier molecular flexibility index (Phi) is 3.67. The molecule has 19 heavy (non-hydrogen) atoms. The minimum absolute atomic E-state index is 0.138. The Morgan fingerprint density at radius 1 is 1.26 bits per heavy atom. The Balaban J connectivity index is 1.41. The summed E-state index contributed by atoms with van der Waals surface area (Å²) in [5.74, 6) is -0.138. The van der Waals surface area contributed by atoms with Gasteiger partial charge in [0.1, 0.15) is 6.61 Å². The lowest BCUT2D eigenvalue weighted by Crippen LogP contribution is -2.63. The minimum atomic E-state index is -0.496. The fraction of sp³-hybridized carbons (Fsp3) is 0.833. The number of nitrogens with one attached hydrogen (secondary N) is 1. The van der Waals surface area contributed by atoms with Gasteiger partial charge in [-0.1, -0.05) is 0 Å². The van der Waals surface area contributed by atoms with E-state index < -0.39 is 6.09 Å². The first-order valence-corrected chi connectivity index (χ1v) is 6.88. The number of imide groups is 1. The van der Waals surface area contributed by atoms with Gasteiger partial charge in [-0.05, 0) is 0 Å². The summed E-state index contributed by atoms with van der Waals surface area (Å²) in [5, 5.41) is 3.34. The molecule has 7 heteroatoms. The number of piperazine rings is 1. The average molecular weight is 268 g/mol. The number of ether oxygens (including phenoxy) is 1. The predicted octanol–water partition coefficient (Wildman–Crippen LogP) is -1.45. The van der Waals surface area contributed by atoms with E-state index in [1.165, 1.54) is 4.90 Å². The Labute approximate surface area is 112 Å². The minimum Gasteiger partial charge on any atom is -0.447 e. The summed E-state index contributed by atoms with van der Waals surface area (Å²) in [6.45, 7) is 7.18. The van der Waals surface area contributed by atoms with Gasteiger partial charge in [0.05, 0.1) is 13.1 Å². The Bertz CT molecular complexity index is 364. The molecule has 3 saturated heterocycles. The SMILES string of the molecule is O=C(CN1CC(N2CCNCC2)C1)N1CCOC1=O. The zero-order chi connectivity index (χ0) is 13.2. The van der Waals surface area contributed by atoms with Crippen molar-refractivity contribution < 1.29 is 14.3 Å². The second-order valence-electron chi connectivity index (χ2n) is 5.29. The van der Waals surface area contributed by atoms with Crippen molar-refractivity contribution in [3.8, 4) is 0 Å². The van der Waals surface area contributed by atoms with Crippen molar-refractivity contribution in [3.05, 3.63) is 0 Å². The molecule has 0 unspecified atom stereocenters. The smallest absolute Gasteiger partial charge is 0.416 e. The van der Waals surface area contributed by atoms with E-state index in [2.05, 4.69) is 15.1 Å². The molecule has 0 aromatic rings. The first-order valence-electron chi connectivity index (χ1n) is 6.88. The summed E-state index contributed by atoms with van der Waals surface area (Å²) < 4.78 is 4.77. The number of hydrogen-bond donors (Lipinski definition) is 1. The third-order valence-corrected chi connectivity index (χ3v) is 4.03. The molecule has 3 aliphatic heterocycles. The summed E-state index contributed by atoms with van der Waals surface area (Å²) in [5.41, 5.74) is 0. The van der Waals surface area contributed by atoms with Crippen LogP contribution in [0, 0.1) is 0 Å². The van der Waals surface area contributed by atoms with Crippen LogP contribution in [0.1, 0.15) is 0 Å². The molecular formula is C12H20N4O3. The van der Waals surface area contributed by atoms with E-state index in [4.69, 9.17) is 4.74 Å². The van der Waals surface area contributed by atoms with E-state index in [1.54, 1.807) is 0 Å². The maximum absolute atomic E-state index is 11.9. The molecule has 3 rings (SSSR count). The maximum Gasteiger partial charge on any atom is 0.416 e. The summed E-state index contributed by atoms with van der Waals surface area (Å²) in [6, 6.07) is 0.570. The van der Waals surface area contributed by atoms with E-state index in [1.807, 2.05) is 0 Å². The van der Waals surface area contributed by atoms with Crippen molar-refractivity contribution in [2.24, 2.45) is 0 Å². The maximum atomic E-state index is 11.9. The molecule has 0 atom stereocenters. The standard InChI is InChI=1S/C12H20N4O3/c17-11(16-5-6-19-12(16)18)9-14-7-10(8-14)15-3-1-13-2-4-15/h10,13H,1-9H2. The zero-order valence-electron chi connectivity index (χ0n) is 11.0. The normalized spacial score (nSPS) is 26.3. The van der Waals surface area contributed by atoms with Crippen LogP contribution in [0.5, 0.6) is 0 Å². The quantitative estimate of drug-likeness (QED) is 0.676. The number of carbonyl (C=O) groups excluding carboxylic acids is 2. The number of nitrogens with zero attached hydrogens (tertiary/aromatic N) is 3. The largest absolute Gasteiger partial charge is 0.447 e. The third kappa shape index (κ3) is 2.72. The lowest BCUT2D eigenvalue weighted by Gasteiger charge is -2.46. The van der Waals surface area contributed by atoms with Gasteiger partial charge in [0.2, 0.25) is 5.91 Å². The molecule has 106 valence electrons. The molecule has 0 aliphatic carbocycles. The molecule has 0 aromatic carbocycles. The van der Waals surface area contributed by atoms with Crippen LogP contribution >= 0.6 is 0 Å². The summed E-state index contributed by atoms with van der Waals surface area (Å²) in [7, 11) is 0. The number of amides is 2. The van der Waals surface area contributed by atoms with Crippen molar-refractivity contribution in [3.63, 3.8) is 0 Å². The fourth-order valence-corrected chi connectivity index (χ4v) is 2.85. The molecular weight excluding hydrogens is 248 g/mol. The molecule has 3 fully saturated rings. The van der Waals surface area contributed by atoms with Gasteiger partial charge in [0.15, 0.2) is 0 Å². The molecule has 2 amide bonds. The van der Waals surface area contributed by atoms with Gasteiger partial charge in [0, 0.05) is 45.3 Å². The van der Waals surface area contributed by atoms with Crippen LogP contribution in [-0.4, -0.2) is 91.7 Å². The van der Waals surface area contributed by atoms with Crippen LogP contribution in [0.15, 0.2) is 0 Å². The Hall–Kier alpha value is -1.18. The van der Waals surface area contributed by atoms with E-state index in [9.17, 15) is 9.59 Å². The number of likely N-dealkylation sites (tertiary alicyclic amines) is 1. The molecule has 0 bridgehead atoms. The van der Waals surface area contributed by atoms with Crippen LogP contribution in [0.2, 0.25) is 0 Å². The molecule has 0 spiro atoms. The highest BCUT2D eigenvalue weighted by atomic mass is 16.6. The summed E-state index contributed by atoms with van der Waals surface area (Å²) in [6.07, 6.45) is -0.496. The number of cyclic esters (lactones) is 1. The second kappa shape index (κ2) is 5.44. The van der Waals surface area contributed by atoms with E-state index in [-0.39, 0.29) is 5.91 Å². The van der Waals surface area contributed by atoms with Gasteiger partial charge in [-0.15, -0.1) is 0 Å². The van der Waals surface area contributed by atoms with Crippen molar-refractivity contribution in [2.75, 3.05) is 59.0 Å². The Morgan fingerprint density at radius 3 is 2.63 bits per heavy atom. The van der Waals surface area contributed by atoms with Gasteiger partial charge < -0.3 is 10.1 Å². The van der Waals surface area contributed by atoms with Gasteiger partial charge in [-0.3, -0.25) is 14.6 Å². The zero-order valence-corrected chi connectivity index (χ0v) is 11.0.